The summed E-state index contributed by atoms with van der Waals surface area (Å²) in [6.07, 6.45) is 10.8. The number of non-ortho nitro benzene ring substituents is 1. The molecule has 1 aliphatic rings. The van der Waals surface area contributed by atoms with Crippen LogP contribution in [-0.4, -0.2) is 66.6 Å². The Bertz CT molecular complexity index is 699. The minimum Gasteiger partial charge on any atom is -0.378 e. The monoisotopic (exact) mass is 431 g/mol. The number of nitro groups is 1. The Kier molecular flexibility index (Phi) is 10.7. The number of carbonyl (C=O) groups is 1. The van der Waals surface area contributed by atoms with Gasteiger partial charge in [0.15, 0.2) is 0 Å². The predicted octanol–water partition coefficient (Wildman–Crippen LogP) is 4.67. The smallest absolute Gasteiger partial charge is 0.269 e. The number of likely N-dealkylation sites (N-methyl/N-ethyl adjacent to an activating group) is 1. The molecule has 1 saturated carbocycles. The summed E-state index contributed by atoms with van der Waals surface area (Å²) in [5.41, 5.74) is 0.485. The van der Waals surface area contributed by atoms with Crippen molar-refractivity contribution >= 4 is 11.6 Å². The molecule has 0 unspecified atom stereocenters. The van der Waals surface area contributed by atoms with Crippen LogP contribution in [0.5, 0.6) is 0 Å². The van der Waals surface area contributed by atoms with Gasteiger partial charge in [0, 0.05) is 43.9 Å². The summed E-state index contributed by atoms with van der Waals surface area (Å²) in [5, 5.41) is 10.8. The summed E-state index contributed by atoms with van der Waals surface area (Å²) in [7, 11) is 3.94. The minimum absolute atomic E-state index is 0.00288. The van der Waals surface area contributed by atoms with Gasteiger partial charge in [0.2, 0.25) is 0 Å². The quantitative estimate of drug-likeness (QED) is 0.196. The Hall–Kier alpha value is -2.25. The average Bonchev–Trinajstić information content (AvgIpc) is 2.78. The molecule has 0 aliphatic heterocycles. The maximum Gasteiger partial charge on any atom is 0.269 e. The maximum atomic E-state index is 12.7. The molecule has 0 aromatic heterocycles. The van der Waals surface area contributed by atoms with Crippen LogP contribution in [0.4, 0.5) is 5.69 Å². The number of carbonyl (C=O) groups excluding carboxylic acids is 1. The minimum atomic E-state index is -0.456. The highest BCUT2D eigenvalue weighted by atomic mass is 16.6. The number of benzene rings is 1. The van der Waals surface area contributed by atoms with Crippen molar-refractivity contribution < 1.29 is 14.5 Å². The second-order valence-electron chi connectivity index (χ2n) is 8.49. The van der Waals surface area contributed by atoms with Crippen LogP contribution in [0.15, 0.2) is 36.9 Å². The molecule has 0 radical (unpaired) electrons. The average molecular weight is 432 g/mol. The molecule has 0 spiro atoms. The summed E-state index contributed by atoms with van der Waals surface area (Å²) in [5.74, 6) is -0.0852. The molecule has 1 amide bonds. The van der Waals surface area contributed by atoms with E-state index in [-0.39, 0.29) is 23.7 Å². The molecule has 172 valence electrons. The fourth-order valence-corrected chi connectivity index (χ4v) is 4.09. The molecule has 0 saturated heterocycles. The van der Waals surface area contributed by atoms with Crippen molar-refractivity contribution in [3.05, 3.63) is 52.6 Å². The van der Waals surface area contributed by atoms with Gasteiger partial charge >= 0.3 is 0 Å². The lowest BCUT2D eigenvalue weighted by molar-refractivity contribution is -0.384. The third-order valence-corrected chi connectivity index (χ3v) is 6.07. The largest absolute Gasteiger partial charge is 0.378 e. The highest BCUT2D eigenvalue weighted by Crippen LogP contribution is 2.26. The number of hydrogen-bond donors (Lipinski definition) is 0. The normalized spacial score (nSPS) is 18.7. The van der Waals surface area contributed by atoms with Gasteiger partial charge in [-0.2, -0.15) is 0 Å². The number of hydrogen-bond acceptors (Lipinski definition) is 5. The van der Waals surface area contributed by atoms with Crippen LogP contribution in [0.2, 0.25) is 0 Å². The van der Waals surface area contributed by atoms with Crippen molar-refractivity contribution in [1.82, 2.24) is 9.80 Å². The van der Waals surface area contributed by atoms with Crippen molar-refractivity contribution in [3.63, 3.8) is 0 Å². The Morgan fingerprint density at radius 2 is 1.77 bits per heavy atom. The molecule has 1 aromatic carbocycles. The van der Waals surface area contributed by atoms with Crippen LogP contribution in [0.3, 0.4) is 0 Å². The molecule has 7 heteroatoms. The molecular weight excluding hydrogens is 394 g/mol. The summed E-state index contributed by atoms with van der Waals surface area (Å²) in [4.78, 5) is 27.1. The zero-order valence-electron chi connectivity index (χ0n) is 19.0. The first kappa shape index (κ1) is 25.0. The van der Waals surface area contributed by atoms with Gasteiger partial charge in [0.1, 0.15) is 0 Å². The number of rotatable bonds is 13. The van der Waals surface area contributed by atoms with Crippen LogP contribution >= 0.6 is 0 Å². The lowest BCUT2D eigenvalue weighted by Crippen LogP contribution is -2.40. The number of ether oxygens (including phenoxy) is 1. The van der Waals surface area contributed by atoms with Gasteiger partial charge < -0.3 is 14.5 Å². The SMILES string of the molecule is C=CCN(C)CCCCCCOC1CCC(N(C)C(=O)c2ccc([N+](=O)[O-])cc2)CC1. The van der Waals surface area contributed by atoms with Crippen molar-refractivity contribution in [2.75, 3.05) is 33.8 Å². The molecule has 0 atom stereocenters. The Balaban J connectivity index is 1.61. The summed E-state index contributed by atoms with van der Waals surface area (Å²) < 4.78 is 6.07. The Labute approximate surface area is 186 Å². The second-order valence-corrected chi connectivity index (χ2v) is 8.49. The van der Waals surface area contributed by atoms with Gasteiger partial charge in [-0.3, -0.25) is 14.9 Å². The number of nitro benzene ring substituents is 1. The molecule has 1 aliphatic carbocycles. The van der Waals surface area contributed by atoms with Crippen molar-refractivity contribution in [1.29, 1.82) is 0 Å². The van der Waals surface area contributed by atoms with Gasteiger partial charge in [-0.05, 0) is 64.3 Å². The molecule has 1 fully saturated rings. The summed E-state index contributed by atoms with van der Waals surface area (Å²) in [6, 6.07) is 6.01. The standard InChI is InChI=1S/C24H37N3O4/c1-4-17-25(2)18-7-5-6-8-19-31-23-15-13-21(14-16-23)26(3)24(28)20-9-11-22(12-10-20)27(29)30/h4,9-12,21,23H,1,5-8,13-19H2,2-3H3. The van der Waals surface area contributed by atoms with Crippen molar-refractivity contribution in [3.8, 4) is 0 Å². The third kappa shape index (κ3) is 8.42. The Morgan fingerprint density at radius 1 is 1.13 bits per heavy atom. The first-order valence-electron chi connectivity index (χ1n) is 11.3. The van der Waals surface area contributed by atoms with E-state index in [1.54, 1.807) is 4.90 Å². The molecule has 2 rings (SSSR count). The van der Waals surface area contributed by atoms with Gasteiger partial charge in [-0.25, -0.2) is 0 Å². The van der Waals surface area contributed by atoms with Crippen LogP contribution in [-0.2, 0) is 4.74 Å². The maximum absolute atomic E-state index is 12.7. The zero-order chi connectivity index (χ0) is 22.6. The first-order chi connectivity index (χ1) is 14.9. The van der Waals surface area contributed by atoms with Crippen LogP contribution in [0, 0.1) is 10.1 Å². The van der Waals surface area contributed by atoms with Crippen LogP contribution < -0.4 is 0 Å². The van der Waals surface area contributed by atoms with Gasteiger partial charge in [-0.1, -0.05) is 18.9 Å². The van der Waals surface area contributed by atoms with E-state index in [0.29, 0.717) is 5.56 Å². The second kappa shape index (κ2) is 13.2. The van der Waals surface area contributed by atoms with E-state index in [2.05, 4.69) is 18.5 Å². The molecule has 7 nitrogen and oxygen atoms in total. The van der Waals surface area contributed by atoms with Gasteiger partial charge in [0.05, 0.1) is 11.0 Å². The van der Waals surface area contributed by atoms with Crippen molar-refractivity contribution in [2.24, 2.45) is 0 Å². The zero-order valence-corrected chi connectivity index (χ0v) is 19.0. The van der Waals surface area contributed by atoms with E-state index in [0.717, 1.165) is 51.8 Å². The number of unbranched alkanes of at least 4 members (excludes halogenated alkanes) is 3. The number of nitrogens with zero attached hydrogens (tertiary/aromatic N) is 3. The molecule has 1 aromatic rings. The van der Waals surface area contributed by atoms with E-state index in [4.69, 9.17) is 4.74 Å². The van der Waals surface area contributed by atoms with E-state index in [1.807, 2.05) is 13.1 Å². The van der Waals surface area contributed by atoms with Crippen LogP contribution in [0.1, 0.15) is 61.7 Å². The lowest BCUT2D eigenvalue weighted by atomic mass is 9.91. The molecule has 0 bridgehead atoms. The van der Waals surface area contributed by atoms with Crippen molar-refractivity contribution in [2.45, 2.75) is 63.5 Å². The Morgan fingerprint density at radius 3 is 2.39 bits per heavy atom. The van der Waals surface area contributed by atoms with E-state index in [1.165, 1.54) is 43.5 Å². The fourth-order valence-electron chi connectivity index (χ4n) is 4.09. The molecule has 0 N–H and O–H groups in total. The number of amides is 1. The van der Waals surface area contributed by atoms with E-state index >= 15 is 0 Å². The third-order valence-electron chi connectivity index (χ3n) is 6.07. The lowest BCUT2D eigenvalue weighted by Gasteiger charge is -2.34. The highest BCUT2D eigenvalue weighted by molar-refractivity contribution is 5.94. The van der Waals surface area contributed by atoms with Gasteiger partial charge in [-0.15, -0.1) is 6.58 Å². The summed E-state index contributed by atoms with van der Waals surface area (Å²) in [6.45, 7) is 6.63. The van der Waals surface area contributed by atoms with Crippen LogP contribution in [0.25, 0.3) is 0 Å². The molecule has 0 heterocycles. The van der Waals surface area contributed by atoms with Gasteiger partial charge in [0.25, 0.3) is 11.6 Å². The van der Waals surface area contributed by atoms with E-state index in [9.17, 15) is 14.9 Å². The topological polar surface area (TPSA) is 75.9 Å². The molecular formula is C24H37N3O4. The highest BCUT2D eigenvalue weighted by Gasteiger charge is 2.27. The molecule has 31 heavy (non-hydrogen) atoms. The summed E-state index contributed by atoms with van der Waals surface area (Å²) >= 11 is 0. The van der Waals surface area contributed by atoms with E-state index < -0.39 is 4.92 Å². The predicted molar refractivity (Wildman–Crippen MR) is 123 cm³/mol. The fraction of sp³-hybridized carbons (Fsp3) is 0.625. The first-order valence-corrected chi connectivity index (χ1v) is 11.3.